The molecule has 0 aliphatic carbocycles. The van der Waals surface area contributed by atoms with Crippen molar-refractivity contribution in [1.82, 2.24) is 5.32 Å². The van der Waals surface area contributed by atoms with Gasteiger partial charge < -0.3 is 24.3 Å². The van der Waals surface area contributed by atoms with Gasteiger partial charge in [-0.2, -0.15) is 0 Å². The number of esters is 1. The number of unbranched alkanes of at least 4 members (excludes halogenated alkanes) is 2. The largest absolute Gasteiger partial charge is 0.464 e. The van der Waals surface area contributed by atoms with Crippen molar-refractivity contribution >= 4 is 18.3 Å². The second-order valence-corrected chi connectivity index (χ2v) is 8.06. The number of ether oxygens (including phenoxy) is 3. The zero-order chi connectivity index (χ0) is 22.4. The molecule has 1 amide bonds. The Bertz CT molecular complexity index is 641. The van der Waals surface area contributed by atoms with Gasteiger partial charge in [-0.25, -0.2) is 9.59 Å². The van der Waals surface area contributed by atoms with Crippen LogP contribution < -0.4 is 5.32 Å². The summed E-state index contributed by atoms with van der Waals surface area (Å²) >= 11 is 0. The van der Waals surface area contributed by atoms with E-state index in [1.54, 1.807) is 27.7 Å². The zero-order valence-corrected chi connectivity index (χ0v) is 18.5. The van der Waals surface area contributed by atoms with Crippen LogP contribution >= 0.6 is 0 Å². The van der Waals surface area contributed by atoms with Gasteiger partial charge in [0.25, 0.3) is 0 Å². The number of benzene rings is 1. The molecule has 0 radical (unpaired) electrons. The smallest absolute Gasteiger partial charge is 0.408 e. The number of hydrogen-bond acceptors (Lipinski definition) is 6. The maximum Gasteiger partial charge on any atom is 0.408 e. The Morgan fingerprint density at radius 1 is 1.10 bits per heavy atom. The van der Waals surface area contributed by atoms with Crippen LogP contribution in [0.5, 0.6) is 0 Å². The second kappa shape index (κ2) is 13.7. The van der Waals surface area contributed by atoms with Gasteiger partial charge in [0.1, 0.15) is 17.9 Å². The number of carbonyl (C=O) groups excluding carboxylic acids is 3. The van der Waals surface area contributed by atoms with Crippen molar-refractivity contribution < 1.29 is 28.6 Å². The Hall–Kier alpha value is -2.41. The van der Waals surface area contributed by atoms with Crippen molar-refractivity contribution in [2.75, 3.05) is 13.2 Å². The summed E-state index contributed by atoms with van der Waals surface area (Å²) in [6.45, 7) is 8.21. The number of rotatable bonds is 13. The van der Waals surface area contributed by atoms with E-state index in [1.807, 2.05) is 30.3 Å². The van der Waals surface area contributed by atoms with Crippen molar-refractivity contribution in [1.29, 1.82) is 0 Å². The molecular formula is C23H35NO6. The molecular weight excluding hydrogens is 386 g/mol. The molecule has 1 aromatic rings. The predicted octanol–water partition coefficient (Wildman–Crippen LogP) is 4.04. The number of carbonyl (C=O) groups is 3. The van der Waals surface area contributed by atoms with Crippen LogP contribution in [0.3, 0.4) is 0 Å². The van der Waals surface area contributed by atoms with Crippen molar-refractivity contribution in [3.8, 4) is 0 Å². The molecule has 0 saturated heterocycles. The van der Waals surface area contributed by atoms with E-state index in [1.165, 1.54) is 0 Å². The van der Waals surface area contributed by atoms with E-state index in [0.29, 0.717) is 25.9 Å². The zero-order valence-electron chi connectivity index (χ0n) is 18.5. The van der Waals surface area contributed by atoms with E-state index in [9.17, 15) is 14.4 Å². The average Bonchev–Trinajstić information content (AvgIpc) is 2.68. The first-order valence-electron chi connectivity index (χ1n) is 10.5. The lowest BCUT2D eigenvalue weighted by molar-refractivity contribution is -0.148. The Morgan fingerprint density at radius 3 is 2.40 bits per heavy atom. The molecule has 0 spiro atoms. The standard InChI is InChI=1S/C23H35NO6/c1-5-29-21(26)20(24-22(27)30-23(2,3)4)19(16-25)14-10-7-11-15-28-17-18-12-8-6-9-13-18/h6,8-9,12-13,16,19-20H,5,7,10-11,14-15,17H2,1-4H3,(H,24,27)/t19-,20-/m0/s1. The minimum absolute atomic E-state index is 0.162. The Morgan fingerprint density at radius 2 is 1.80 bits per heavy atom. The lowest BCUT2D eigenvalue weighted by Crippen LogP contribution is -2.49. The Balaban J connectivity index is 2.44. The Labute approximate surface area is 179 Å². The van der Waals surface area contributed by atoms with Crippen LogP contribution in [0.25, 0.3) is 0 Å². The van der Waals surface area contributed by atoms with Crippen LogP contribution in [0.4, 0.5) is 4.79 Å². The van der Waals surface area contributed by atoms with Gasteiger partial charge in [0.05, 0.1) is 13.2 Å². The third-order valence-corrected chi connectivity index (χ3v) is 4.25. The fourth-order valence-electron chi connectivity index (χ4n) is 2.85. The minimum atomic E-state index is -1.06. The molecule has 1 aromatic carbocycles. The van der Waals surface area contributed by atoms with Gasteiger partial charge in [-0.05, 0) is 46.1 Å². The molecule has 1 N–H and O–H groups in total. The van der Waals surface area contributed by atoms with Crippen LogP contribution in [-0.2, 0) is 30.4 Å². The van der Waals surface area contributed by atoms with Crippen LogP contribution in [-0.4, -0.2) is 43.2 Å². The molecule has 0 aliphatic rings. The maximum atomic E-state index is 12.3. The van der Waals surface area contributed by atoms with Gasteiger partial charge in [0, 0.05) is 12.5 Å². The summed E-state index contributed by atoms with van der Waals surface area (Å²) in [4.78, 5) is 36.0. The molecule has 7 nitrogen and oxygen atoms in total. The summed E-state index contributed by atoms with van der Waals surface area (Å²) in [5.74, 6) is -1.31. The summed E-state index contributed by atoms with van der Waals surface area (Å²) in [5.41, 5.74) is 0.420. The summed E-state index contributed by atoms with van der Waals surface area (Å²) in [7, 11) is 0. The highest BCUT2D eigenvalue weighted by atomic mass is 16.6. The number of amides is 1. The van der Waals surface area contributed by atoms with E-state index in [4.69, 9.17) is 14.2 Å². The monoisotopic (exact) mass is 421 g/mol. The maximum absolute atomic E-state index is 12.3. The highest BCUT2D eigenvalue weighted by Crippen LogP contribution is 2.15. The quantitative estimate of drug-likeness (QED) is 0.294. The van der Waals surface area contributed by atoms with E-state index in [-0.39, 0.29) is 6.61 Å². The highest BCUT2D eigenvalue weighted by molar-refractivity contribution is 5.84. The summed E-state index contributed by atoms with van der Waals surface area (Å²) in [5, 5.41) is 2.50. The van der Waals surface area contributed by atoms with Gasteiger partial charge in [-0.1, -0.05) is 43.2 Å². The highest BCUT2D eigenvalue weighted by Gasteiger charge is 2.32. The van der Waals surface area contributed by atoms with Crippen molar-refractivity contribution in [3.05, 3.63) is 35.9 Å². The van der Waals surface area contributed by atoms with Crippen LogP contribution in [0, 0.1) is 5.92 Å². The Kier molecular flexibility index (Phi) is 11.7. The number of nitrogens with one attached hydrogen (secondary N) is 1. The van der Waals surface area contributed by atoms with Crippen molar-refractivity contribution in [2.45, 2.75) is 71.6 Å². The molecule has 0 fully saturated rings. The number of aldehydes is 1. The third kappa shape index (κ3) is 11.0. The summed E-state index contributed by atoms with van der Waals surface area (Å²) in [6.07, 6.45) is 2.83. The number of hydrogen-bond donors (Lipinski definition) is 1. The van der Waals surface area contributed by atoms with E-state index >= 15 is 0 Å². The van der Waals surface area contributed by atoms with Crippen LogP contribution in [0.15, 0.2) is 30.3 Å². The van der Waals surface area contributed by atoms with E-state index in [2.05, 4.69) is 5.32 Å². The molecule has 2 atom stereocenters. The van der Waals surface area contributed by atoms with Gasteiger partial charge >= 0.3 is 12.1 Å². The molecule has 30 heavy (non-hydrogen) atoms. The van der Waals surface area contributed by atoms with Crippen LogP contribution in [0.1, 0.15) is 58.9 Å². The average molecular weight is 422 g/mol. The molecule has 0 unspecified atom stereocenters. The lowest BCUT2D eigenvalue weighted by atomic mass is 9.94. The molecule has 0 aromatic heterocycles. The molecule has 7 heteroatoms. The van der Waals surface area contributed by atoms with Gasteiger partial charge in [0.15, 0.2) is 0 Å². The molecule has 1 rings (SSSR count). The normalized spacial score (nSPS) is 13.2. The van der Waals surface area contributed by atoms with Gasteiger partial charge in [-0.3, -0.25) is 0 Å². The third-order valence-electron chi connectivity index (χ3n) is 4.25. The molecule has 0 aliphatic heterocycles. The summed E-state index contributed by atoms with van der Waals surface area (Å²) in [6, 6.07) is 8.89. The van der Waals surface area contributed by atoms with Crippen molar-refractivity contribution in [3.63, 3.8) is 0 Å². The first-order valence-corrected chi connectivity index (χ1v) is 10.5. The predicted molar refractivity (Wildman–Crippen MR) is 114 cm³/mol. The molecule has 168 valence electrons. The fourth-order valence-corrected chi connectivity index (χ4v) is 2.85. The first-order chi connectivity index (χ1) is 14.3. The van der Waals surface area contributed by atoms with E-state index in [0.717, 1.165) is 24.8 Å². The van der Waals surface area contributed by atoms with E-state index < -0.39 is 29.6 Å². The first kappa shape index (κ1) is 25.6. The molecule has 0 heterocycles. The van der Waals surface area contributed by atoms with Crippen LogP contribution in [0.2, 0.25) is 0 Å². The van der Waals surface area contributed by atoms with Gasteiger partial charge in [0.2, 0.25) is 0 Å². The SMILES string of the molecule is CCOC(=O)[C@@H](NC(=O)OC(C)(C)C)[C@H](C=O)CCCCCOCc1ccccc1. The van der Waals surface area contributed by atoms with Crippen molar-refractivity contribution in [2.24, 2.45) is 5.92 Å². The lowest BCUT2D eigenvalue weighted by Gasteiger charge is -2.25. The number of alkyl carbamates (subject to hydrolysis) is 1. The second-order valence-electron chi connectivity index (χ2n) is 8.06. The minimum Gasteiger partial charge on any atom is -0.464 e. The fraction of sp³-hybridized carbons (Fsp3) is 0.609. The summed E-state index contributed by atoms with van der Waals surface area (Å²) < 4.78 is 15.9. The molecule has 0 bridgehead atoms. The van der Waals surface area contributed by atoms with Gasteiger partial charge in [-0.15, -0.1) is 0 Å². The topological polar surface area (TPSA) is 90.9 Å². The molecule has 0 saturated carbocycles.